The summed E-state index contributed by atoms with van der Waals surface area (Å²) in [6, 6.07) is 10.8. The van der Waals surface area contributed by atoms with Gasteiger partial charge in [-0.3, -0.25) is 0 Å². The van der Waals surface area contributed by atoms with Crippen molar-refractivity contribution < 1.29 is 9.53 Å². The van der Waals surface area contributed by atoms with E-state index >= 15 is 0 Å². The van der Waals surface area contributed by atoms with E-state index in [1.54, 1.807) is 7.11 Å². The average Bonchev–Trinajstić information content (AvgIpc) is 2.83. The van der Waals surface area contributed by atoms with Crippen LogP contribution >= 0.6 is 0 Å². The molecule has 2 amide bonds. The molecule has 0 atom stereocenters. The van der Waals surface area contributed by atoms with Crippen molar-refractivity contribution in [1.29, 1.82) is 0 Å². The molecule has 4 nitrogen and oxygen atoms in total. The van der Waals surface area contributed by atoms with Crippen LogP contribution in [0.1, 0.15) is 37.2 Å². The number of nitrogens with zero attached hydrogens (tertiary/aromatic N) is 1. The van der Waals surface area contributed by atoms with Crippen LogP contribution in [-0.4, -0.2) is 43.3 Å². The molecule has 1 aromatic rings. The van der Waals surface area contributed by atoms with Crippen molar-refractivity contribution in [2.75, 3.05) is 26.8 Å². The molecule has 0 unspecified atom stereocenters. The third kappa shape index (κ3) is 2.77. The van der Waals surface area contributed by atoms with Gasteiger partial charge in [-0.2, -0.15) is 0 Å². The quantitative estimate of drug-likeness (QED) is 0.925. The van der Waals surface area contributed by atoms with Crippen molar-refractivity contribution in [3.63, 3.8) is 0 Å². The molecule has 114 valence electrons. The minimum Gasteiger partial charge on any atom is -0.383 e. The monoisotopic (exact) mass is 288 g/mol. The zero-order valence-electron chi connectivity index (χ0n) is 12.7. The second kappa shape index (κ2) is 6.06. The molecule has 1 N–H and O–H groups in total. The molecular weight excluding hydrogens is 264 g/mol. The summed E-state index contributed by atoms with van der Waals surface area (Å²) in [7, 11) is 1.69. The van der Waals surface area contributed by atoms with Gasteiger partial charge in [0.2, 0.25) is 0 Å². The summed E-state index contributed by atoms with van der Waals surface area (Å²) in [5, 5.41) is 3.03. The van der Waals surface area contributed by atoms with E-state index in [-0.39, 0.29) is 11.6 Å². The molecule has 2 fully saturated rings. The van der Waals surface area contributed by atoms with Gasteiger partial charge in [0.15, 0.2) is 0 Å². The van der Waals surface area contributed by atoms with Crippen LogP contribution in [0.4, 0.5) is 4.79 Å². The van der Waals surface area contributed by atoms with Gasteiger partial charge in [0.25, 0.3) is 0 Å². The summed E-state index contributed by atoms with van der Waals surface area (Å²) in [4.78, 5) is 14.1. The molecule has 21 heavy (non-hydrogen) atoms. The summed E-state index contributed by atoms with van der Waals surface area (Å²) in [5.41, 5.74) is 1.45. The van der Waals surface area contributed by atoms with Crippen LogP contribution in [-0.2, 0) is 4.74 Å². The predicted octanol–water partition coefficient (Wildman–Crippen LogP) is 2.75. The smallest absolute Gasteiger partial charge is 0.318 e. The van der Waals surface area contributed by atoms with E-state index in [9.17, 15) is 4.79 Å². The lowest BCUT2D eigenvalue weighted by molar-refractivity contribution is 0.0828. The topological polar surface area (TPSA) is 41.6 Å². The molecule has 0 aromatic heterocycles. The van der Waals surface area contributed by atoms with E-state index in [4.69, 9.17) is 4.74 Å². The fourth-order valence-corrected chi connectivity index (χ4v) is 3.83. The second-order valence-electron chi connectivity index (χ2n) is 6.21. The molecule has 4 heteroatoms. The standard InChI is InChI=1S/C17H24N2O2/c1-21-12-11-19-16(20)18-13-17(19)9-7-15(8-10-17)14-5-3-2-4-6-14/h2-6,15H,7-13H2,1H3,(H,18,20). The molecule has 1 spiro atoms. The van der Waals surface area contributed by atoms with Crippen LogP contribution in [0.25, 0.3) is 0 Å². The van der Waals surface area contributed by atoms with Gasteiger partial charge in [0.05, 0.1) is 12.1 Å². The normalized spacial score (nSPS) is 28.9. The number of hydrogen-bond donors (Lipinski definition) is 1. The third-order valence-corrected chi connectivity index (χ3v) is 5.09. The molecule has 1 aromatic carbocycles. The van der Waals surface area contributed by atoms with E-state index in [0.29, 0.717) is 19.1 Å². The highest BCUT2D eigenvalue weighted by molar-refractivity contribution is 5.78. The minimum atomic E-state index is 0.0148. The number of carbonyl (C=O) groups excluding carboxylic acids is 1. The summed E-state index contributed by atoms with van der Waals surface area (Å²) in [6.07, 6.45) is 4.47. The van der Waals surface area contributed by atoms with Crippen molar-refractivity contribution in [3.05, 3.63) is 35.9 Å². The zero-order valence-corrected chi connectivity index (χ0v) is 12.7. The lowest BCUT2D eigenvalue weighted by atomic mass is 9.74. The van der Waals surface area contributed by atoms with Gasteiger partial charge in [-0.1, -0.05) is 30.3 Å². The number of hydrogen-bond acceptors (Lipinski definition) is 2. The molecule has 1 saturated carbocycles. The van der Waals surface area contributed by atoms with Gasteiger partial charge < -0.3 is 15.0 Å². The number of carbonyl (C=O) groups is 1. The highest BCUT2D eigenvalue weighted by atomic mass is 16.5. The van der Waals surface area contributed by atoms with Crippen molar-refractivity contribution in [2.45, 2.75) is 37.1 Å². The molecule has 1 aliphatic carbocycles. The van der Waals surface area contributed by atoms with Gasteiger partial charge >= 0.3 is 6.03 Å². The lowest BCUT2D eigenvalue weighted by Gasteiger charge is -2.42. The SMILES string of the molecule is COCCN1C(=O)NCC12CCC(c1ccccc1)CC2. The van der Waals surface area contributed by atoms with E-state index in [2.05, 4.69) is 35.6 Å². The van der Waals surface area contributed by atoms with Crippen LogP contribution in [0.15, 0.2) is 30.3 Å². The number of methoxy groups -OCH3 is 1. The Balaban J connectivity index is 1.67. The zero-order chi connectivity index (χ0) is 14.7. The second-order valence-corrected chi connectivity index (χ2v) is 6.21. The highest BCUT2D eigenvalue weighted by Gasteiger charge is 2.47. The fraction of sp³-hybridized carbons (Fsp3) is 0.588. The number of nitrogens with one attached hydrogen (secondary N) is 1. The molecule has 0 radical (unpaired) electrons. The first-order chi connectivity index (χ1) is 10.2. The maximum Gasteiger partial charge on any atom is 0.318 e. The van der Waals surface area contributed by atoms with Gasteiger partial charge in [0.1, 0.15) is 0 Å². The Labute approximate surface area is 126 Å². The van der Waals surface area contributed by atoms with Crippen LogP contribution < -0.4 is 5.32 Å². The van der Waals surface area contributed by atoms with Crippen LogP contribution in [0.5, 0.6) is 0 Å². The Morgan fingerprint density at radius 2 is 2.00 bits per heavy atom. The first-order valence-corrected chi connectivity index (χ1v) is 7.84. The van der Waals surface area contributed by atoms with Gasteiger partial charge in [-0.25, -0.2) is 4.79 Å². The third-order valence-electron chi connectivity index (χ3n) is 5.09. The van der Waals surface area contributed by atoms with Crippen LogP contribution in [0.2, 0.25) is 0 Å². The maximum atomic E-state index is 12.1. The number of ether oxygens (including phenoxy) is 1. The van der Waals surface area contributed by atoms with Crippen molar-refractivity contribution in [3.8, 4) is 0 Å². The average molecular weight is 288 g/mol. The molecule has 1 heterocycles. The van der Waals surface area contributed by atoms with Crippen molar-refractivity contribution in [1.82, 2.24) is 10.2 Å². The Hall–Kier alpha value is -1.55. The summed E-state index contributed by atoms with van der Waals surface area (Å²) in [5.74, 6) is 0.636. The Bertz CT molecular complexity index is 481. The van der Waals surface area contributed by atoms with E-state index in [1.165, 1.54) is 5.56 Å². The molecule has 2 aliphatic rings. The molecule has 1 saturated heterocycles. The van der Waals surface area contributed by atoms with E-state index in [1.807, 2.05) is 4.90 Å². The molecular formula is C17H24N2O2. The van der Waals surface area contributed by atoms with Gasteiger partial charge in [-0.15, -0.1) is 0 Å². The first kappa shape index (κ1) is 14.4. The molecule has 1 aliphatic heterocycles. The Morgan fingerprint density at radius 1 is 1.29 bits per heavy atom. The van der Waals surface area contributed by atoms with Gasteiger partial charge in [-0.05, 0) is 37.2 Å². The fourth-order valence-electron chi connectivity index (χ4n) is 3.83. The largest absolute Gasteiger partial charge is 0.383 e. The predicted molar refractivity (Wildman–Crippen MR) is 82.4 cm³/mol. The van der Waals surface area contributed by atoms with Crippen LogP contribution in [0, 0.1) is 0 Å². The number of amides is 2. The summed E-state index contributed by atoms with van der Waals surface area (Å²) >= 11 is 0. The number of urea groups is 1. The number of rotatable bonds is 4. The molecule has 3 rings (SSSR count). The first-order valence-electron chi connectivity index (χ1n) is 7.84. The van der Waals surface area contributed by atoms with Crippen molar-refractivity contribution in [2.24, 2.45) is 0 Å². The van der Waals surface area contributed by atoms with Crippen LogP contribution in [0.3, 0.4) is 0 Å². The summed E-state index contributed by atoms with van der Waals surface area (Å²) in [6.45, 7) is 2.09. The lowest BCUT2D eigenvalue weighted by Crippen LogP contribution is -2.50. The Morgan fingerprint density at radius 3 is 2.67 bits per heavy atom. The number of benzene rings is 1. The summed E-state index contributed by atoms with van der Waals surface area (Å²) < 4.78 is 5.15. The highest BCUT2D eigenvalue weighted by Crippen LogP contribution is 2.42. The van der Waals surface area contributed by atoms with Crippen molar-refractivity contribution >= 4 is 6.03 Å². The van der Waals surface area contributed by atoms with E-state index in [0.717, 1.165) is 32.2 Å². The molecule has 0 bridgehead atoms. The van der Waals surface area contributed by atoms with E-state index < -0.39 is 0 Å². The minimum absolute atomic E-state index is 0.0148. The maximum absolute atomic E-state index is 12.1. The Kier molecular flexibility index (Phi) is 4.15. The van der Waals surface area contributed by atoms with Gasteiger partial charge in [0, 0.05) is 20.2 Å².